The molecule has 0 radical (unpaired) electrons. The average molecular weight is 670 g/mol. The van der Waals surface area contributed by atoms with Crippen molar-refractivity contribution >= 4 is 34.0 Å². The zero-order chi connectivity index (χ0) is 34.1. The molecule has 11 nitrogen and oxygen atoms in total. The van der Waals surface area contributed by atoms with Gasteiger partial charge in [0.25, 0.3) is 0 Å². The van der Waals surface area contributed by atoms with Gasteiger partial charge in [-0.15, -0.1) is 0 Å². The number of rotatable bonds is 8. The number of fused-ring (bicyclic) bond motifs is 1. The second-order valence-electron chi connectivity index (χ2n) is 12.3. The van der Waals surface area contributed by atoms with Crippen LogP contribution in [0, 0.1) is 5.92 Å². The second kappa shape index (κ2) is 13.3. The van der Waals surface area contributed by atoms with Gasteiger partial charge in [0.2, 0.25) is 11.8 Å². The largest absolute Gasteiger partial charge is 0.417 e. The normalized spacial score (nSPS) is 17.0. The predicted octanol–water partition coefficient (Wildman–Crippen LogP) is 5.42. The van der Waals surface area contributed by atoms with Gasteiger partial charge in [0.15, 0.2) is 5.82 Å². The summed E-state index contributed by atoms with van der Waals surface area (Å²) in [4.78, 5) is 40.7. The Hall–Kier alpha value is -5.37. The van der Waals surface area contributed by atoms with E-state index in [1.165, 1.54) is 11.9 Å². The van der Waals surface area contributed by atoms with Crippen LogP contribution in [0.2, 0.25) is 0 Å². The van der Waals surface area contributed by atoms with E-state index in [0.29, 0.717) is 61.6 Å². The van der Waals surface area contributed by atoms with Crippen LogP contribution in [0.15, 0.2) is 73.3 Å². The number of carbonyl (C=O) groups excluding carboxylic acids is 2. The standard InChI is InChI=1S/C35H34F3N9O2/c1-2-47(26-7-8-30-27(17-26)32(43-42-30)28-18-39-13-9-29(28)35(36,37)38)34(49)25-10-14-45(19-25)20-31(48)46-15-11-23(12-16-46)22-3-5-24(6-4-22)33-40-21-41-44-33/h3-9,11,13,17-18,21,25H,2,10,12,14-16,19-20H2,1H3,(H,42,43)(H,40,41,44). The summed E-state index contributed by atoms with van der Waals surface area (Å²) in [5.41, 5.74) is 3.53. The number of carbonyl (C=O) groups is 2. The highest BCUT2D eigenvalue weighted by Crippen LogP contribution is 2.39. The van der Waals surface area contributed by atoms with E-state index in [-0.39, 0.29) is 35.5 Å². The Morgan fingerprint density at radius 1 is 1.04 bits per heavy atom. The van der Waals surface area contributed by atoms with Crippen molar-refractivity contribution in [2.75, 3.05) is 44.2 Å². The minimum Gasteiger partial charge on any atom is -0.338 e. The van der Waals surface area contributed by atoms with E-state index in [1.54, 1.807) is 23.1 Å². The molecule has 2 aromatic carbocycles. The number of anilines is 1. The fourth-order valence-corrected chi connectivity index (χ4v) is 6.71. The highest BCUT2D eigenvalue weighted by molar-refractivity contribution is 6.00. The van der Waals surface area contributed by atoms with E-state index < -0.39 is 11.7 Å². The minimum atomic E-state index is -4.58. The molecule has 0 saturated carbocycles. The quantitative estimate of drug-likeness (QED) is 0.226. The van der Waals surface area contributed by atoms with Crippen molar-refractivity contribution in [2.24, 2.45) is 5.92 Å². The molecule has 0 bridgehead atoms. The Kier molecular flexibility index (Phi) is 8.71. The highest BCUT2D eigenvalue weighted by atomic mass is 19.4. The SMILES string of the molecule is CCN(C(=O)C1CCN(CC(=O)N2CC=C(c3ccc(-c4ncn[nH]4)cc3)CC2)C1)c1ccc2[nH]nc(-c3cnccc3C(F)(F)F)c2c1. The van der Waals surface area contributed by atoms with Gasteiger partial charge in [-0.3, -0.25) is 29.7 Å². The molecule has 3 aromatic heterocycles. The predicted molar refractivity (Wildman–Crippen MR) is 178 cm³/mol. The lowest BCUT2D eigenvalue weighted by Crippen LogP contribution is -2.42. The van der Waals surface area contributed by atoms with E-state index in [1.807, 2.05) is 28.9 Å². The van der Waals surface area contributed by atoms with Crippen molar-refractivity contribution in [3.63, 3.8) is 0 Å². The number of hydrogen-bond acceptors (Lipinski definition) is 7. The molecular weight excluding hydrogens is 635 g/mol. The molecule has 1 saturated heterocycles. The Bertz CT molecular complexity index is 2000. The number of pyridine rings is 1. The van der Waals surface area contributed by atoms with Crippen molar-refractivity contribution in [1.29, 1.82) is 0 Å². The zero-order valence-corrected chi connectivity index (χ0v) is 26.7. The number of benzene rings is 2. The average Bonchev–Trinajstić information content (AvgIpc) is 3.90. The summed E-state index contributed by atoms with van der Waals surface area (Å²) >= 11 is 0. The molecule has 0 spiro atoms. The molecule has 1 fully saturated rings. The third-order valence-electron chi connectivity index (χ3n) is 9.31. The Balaban J connectivity index is 0.982. The maximum atomic E-state index is 13.8. The third-order valence-corrected chi connectivity index (χ3v) is 9.31. The summed E-state index contributed by atoms with van der Waals surface area (Å²) in [5, 5.41) is 14.2. The summed E-state index contributed by atoms with van der Waals surface area (Å²) in [7, 11) is 0. The number of amides is 2. The molecule has 1 atom stereocenters. The first-order valence-electron chi connectivity index (χ1n) is 16.2. The first-order chi connectivity index (χ1) is 23.7. The lowest BCUT2D eigenvalue weighted by Gasteiger charge is -2.29. The van der Waals surface area contributed by atoms with Crippen LogP contribution in [-0.2, 0) is 15.8 Å². The van der Waals surface area contributed by atoms with Crippen LogP contribution in [0.4, 0.5) is 18.9 Å². The van der Waals surface area contributed by atoms with Gasteiger partial charge in [0.05, 0.1) is 23.5 Å². The fourth-order valence-electron chi connectivity index (χ4n) is 6.71. The number of alkyl halides is 3. The number of hydrogen-bond donors (Lipinski definition) is 2. The second-order valence-corrected chi connectivity index (χ2v) is 12.3. The maximum Gasteiger partial charge on any atom is 0.417 e. The van der Waals surface area contributed by atoms with E-state index in [4.69, 9.17) is 0 Å². The van der Waals surface area contributed by atoms with Crippen molar-refractivity contribution in [3.8, 4) is 22.6 Å². The van der Waals surface area contributed by atoms with E-state index in [0.717, 1.165) is 36.0 Å². The van der Waals surface area contributed by atoms with Gasteiger partial charge in [0.1, 0.15) is 12.0 Å². The van der Waals surface area contributed by atoms with E-state index in [9.17, 15) is 22.8 Å². The van der Waals surface area contributed by atoms with Crippen LogP contribution >= 0.6 is 0 Å². The lowest BCUT2D eigenvalue weighted by molar-refractivity contribution is -0.137. The summed E-state index contributed by atoms with van der Waals surface area (Å²) in [5.74, 6) is 0.351. The Labute approximate surface area is 279 Å². The smallest absolute Gasteiger partial charge is 0.338 e. The van der Waals surface area contributed by atoms with E-state index >= 15 is 0 Å². The molecule has 5 heterocycles. The summed E-state index contributed by atoms with van der Waals surface area (Å²) < 4.78 is 41.3. The van der Waals surface area contributed by atoms with Gasteiger partial charge >= 0.3 is 6.18 Å². The number of H-pyrrole nitrogens is 2. The van der Waals surface area contributed by atoms with Gasteiger partial charge in [0, 0.05) is 60.8 Å². The van der Waals surface area contributed by atoms with Crippen LogP contribution in [0.5, 0.6) is 0 Å². The van der Waals surface area contributed by atoms with Crippen LogP contribution < -0.4 is 4.90 Å². The van der Waals surface area contributed by atoms with Crippen molar-refractivity contribution < 1.29 is 22.8 Å². The molecule has 7 rings (SSSR count). The lowest BCUT2D eigenvalue weighted by atomic mass is 9.98. The van der Waals surface area contributed by atoms with Crippen molar-refractivity contribution in [1.82, 2.24) is 40.2 Å². The highest BCUT2D eigenvalue weighted by Gasteiger charge is 2.36. The first-order valence-corrected chi connectivity index (χ1v) is 16.2. The minimum absolute atomic E-state index is 0.0305. The summed E-state index contributed by atoms with van der Waals surface area (Å²) in [6, 6.07) is 14.2. The molecule has 2 N–H and O–H groups in total. The molecule has 2 aliphatic rings. The van der Waals surface area contributed by atoms with Crippen LogP contribution in [0.3, 0.4) is 0 Å². The third kappa shape index (κ3) is 6.55. The summed E-state index contributed by atoms with van der Waals surface area (Å²) in [6.45, 7) is 4.70. The fraction of sp³-hybridized carbons (Fsp3) is 0.314. The molecular formula is C35H34F3N9O2. The van der Waals surface area contributed by atoms with Crippen molar-refractivity contribution in [3.05, 3.63) is 84.5 Å². The Morgan fingerprint density at radius 3 is 2.57 bits per heavy atom. The zero-order valence-electron chi connectivity index (χ0n) is 26.7. The summed E-state index contributed by atoms with van der Waals surface area (Å²) in [6.07, 6.45) is 2.61. The van der Waals surface area contributed by atoms with Gasteiger partial charge in [-0.25, -0.2) is 4.98 Å². The number of aromatic amines is 2. The number of aromatic nitrogens is 6. The molecule has 252 valence electrons. The number of nitrogens with zero attached hydrogens (tertiary/aromatic N) is 7. The molecule has 2 amide bonds. The number of nitrogens with one attached hydrogen (secondary N) is 2. The Morgan fingerprint density at radius 2 is 1.86 bits per heavy atom. The van der Waals surface area contributed by atoms with Gasteiger partial charge in [-0.2, -0.15) is 23.4 Å². The molecule has 2 aliphatic heterocycles. The molecule has 0 aliphatic carbocycles. The van der Waals surface area contributed by atoms with Crippen LogP contribution in [-0.4, -0.2) is 91.2 Å². The maximum absolute atomic E-state index is 13.8. The van der Waals surface area contributed by atoms with Crippen LogP contribution in [0.1, 0.15) is 30.9 Å². The topological polar surface area (TPSA) is 127 Å². The number of halogens is 3. The monoisotopic (exact) mass is 669 g/mol. The number of likely N-dealkylation sites (tertiary alicyclic amines) is 1. The molecule has 49 heavy (non-hydrogen) atoms. The van der Waals surface area contributed by atoms with Crippen LogP contribution in [0.25, 0.3) is 39.1 Å². The van der Waals surface area contributed by atoms with Gasteiger partial charge in [-0.05, 0) is 61.7 Å². The first kappa shape index (κ1) is 32.2. The molecule has 14 heteroatoms. The van der Waals surface area contributed by atoms with Gasteiger partial charge in [-0.1, -0.05) is 30.3 Å². The van der Waals surface area contributed by atoms with E-state index in [2.05, 4.69) is 48.6 Å². The van der Waals surface area contributed by atoms with Crippen molar-refractivity contribution in [2.45, 2.75) is 25.9 Å². The molecule has 5 aromatic rings. The van der Waals surface area contributed by atoms with Gasteiger partial charge < -0.3 is 9.80 Å². The molecule has 1 unspecified atom stereocenters.